The number of rotatable bonds is 8. The van der Waals surface area contributed by atoms with Gasteiger partial charge in [-0.05, 0) is 63.2 Å². The molecule has 0 radical (unpaired) electrons. The molecule has 3 atom stereocenters. The van der Waals surface area contributed by atoms with Crippen molar-refractivity contribution in [3.63, 3.8) is 0 Å². The Kier molecular flexibility index (Phi) is 9.60. The Balaban J connectivity index is 1.62. The Morgan fingerprint density at radius 1 is 1.23 bits per heavy atom. The molecule has 1 aliphatic heterocycles. The molecule has 12 nitrogen and oxygen atoms in total. The van der Waals surface area contributed by atoms with E-state index in [0.29, 0.717) is 28.5 Å². The number of benzene rings is 2. The molecule has 0 bridgehead atoms. The topological polar surface area (TPSA) is 154 Å². The second kappa shape index (κ2) is 13.0. The fraction of sp³-hybridized carbons (Fsp3) is 0.414. The van der Waals surface area contributed by atoms with Crippen LogP contribution in [0, 0.1) is 25.6 Å². The first-order valence-electron chi connectivity index (χ1n) is 13.7. The van der Waals surface area contributed by atoms with Gasteiger partial charge in [-0.1, -0.05) is 12.1 Å². The lowest BCUT2D eigenvalue weighted by Crippen LogP contribution is -2.48. The molecule has 0 unspecified atom stereocenters. The van der Waals surface area contributed by atoms with Crippen LogP contribution in [0.5, 0.6) is 5.75 Å². The summed E-state index contributed by atoms with van der Waals surface area (Å²) < 4.78 is 53.2. The monoisotopic (exact) mass is 617 g/mol. The van der Waals surface area contributed by atoms with Crippen LogP contribution in [0.25, 0.3) is 0 Å². The number of aryl methyl sites for hydroxylation is 2. The van der Waals surface area contributed by atoms with Crippen LogP contribution in [-0.2, 0) is 21.2 Å². The minimum absolute atomic E-state index is 0.117. The van der Waals surface area contributed by atoms with Gasteiger partial charge in [-0.3, -0.25) is 9.52 Å². The molecule has 4 rings (SSSR count). The third-order valence-electron chi connectivity index (χ3n) is 7.36. The zero-order chi connectivity index (χ0) is 31.5. The largest absolute Gasteiger partial charge is 0.488 e. The van der Waals surface area contributed by atoms with E-state index in [2.05, 4.69) is 15.2 Å². The highest BCUT2D eigenvalue weighted by atomic mass is 32.2. The van der Waals surface area contributed by atoms with E-state index < -0.39 is 34.0 Å². The summed E-state index contributed by atoms with van der Waals surface area (Å²) in [7, 11) is -2.43. The number of aromatic nitrogens is 1. The molecule has 0 fully saturated rings. The molecule has 0 spiro atoms. The van der Waals surface area contributed by atoms with Crippen molar-refractivity contribution in [3.8, 4) is 5.75 Å². The van der Waals surface area contributed by atoms with Crippen molar-refractivity contribution in [3.05, 3.63) is 65.3 Å². The zero-order valence-electron chi connectivity index (χ0n) is 24.6. The molecule has 0 aliphatic carbocycles. The van der Waals surface area contributed by atoms with E-state index in [4.69, 9.17) is 9.26 Å². The average molecular weight is 618 g/mol. The molecule has 0 saturated carbocycles. The first kappa shape index (κ1) is 31.8. The lowest BCUT2D eigenvalue weighted by Gasteiger charge is -2.34. The smallest absolute Gasteiger partial charge is 0.321 e. The van der Waals surface area contributed by atoms with Gasteiger partial charge in [0, 0.05) is 30.8 Å². The van der Waals surface area contributed by atoms with Gasteiger partial charge in [-0.2, -0.15) is 0 Å². The quantitative estimate of drug-likeness (QED) is 0.347. The SMILES string of the molecule is Cc1noc(C)c1NC(=O)N(C)C[C@@H]1Oc2ccc(NS(=O)(=O)c3ccc(F)cc3)cc2CC(=O)N([C@@H](C)CO)C[C@@H]1C. The first-order chi connectivity index (χ1) is 20.3. The Hall–Kier alpha value is -4.17. The first-order valence-corrected chi connectivity index (χ1v) is 15.2. The molecule has 3 amide bonds. The van der Waals surface area contributed by atoms with Crippen molar-refractivity contribution in [2.45, 2.75) is 51.2 Å². The summed E-state index contributed by atoms with van der Waals surface area (Å²) in [4.78, 5) is 29.4. The van der Waals surface area contributed by atoms with E-state index in [1.807, 2.05) is 6.92 Å². The number of hydrogen-bond donors (Lipinski definition) is 3. The van der Waals surface area contributed by atoms with Crippen LogP contribution in [0.2, 0.25) is 0 Å². The fourth-order valence-corrected chi connectivity index (χ4v) is 5.80. The zero-order valence-corrected chi connectivity index (χ0v) is 25.4. The van der Waals surface area contributed by atoms with Gasteiger partial charge in [-0.15, -0.1) is 0 Å². The van der Waals surface area contributed by atoms with Gasteiger partial charge in [0.2, 0.25) is 5.91 Å². The van der Waals surface area contributed by atoms with Crippen molar-refractivity contribution < 1.29 is 36.8 Å². The predicted octanol–water partition coefficient (Wildman–Crippen LogP) is 3.54. The van der Waals surface area contributed by atoms with Crippen LogP contribution in [0.3, 0.4) is 0 Å². The number of likely N-dealkylation sites (N-methyl/N-ethyl adjacent to an activating group) is 1. The number of anilines is 2. The maximum Gasteiger partial charge on any atom is 0.321 e. The van der Waals surface area contributed by atoms with Crippen molar-refractivity contribution in [1.29, 1.82) is 0 Å². The van der Waals surface area contributed by atoms with Gasteiger partial charge < -0.3 is 29.5 Å². The maximum absolute atomic E-state index is 13.5. The van der Waals surface area contributed by atoms with Gasteiger partial charge in [0.15, 0.2) is 5.76 Å². The van der Waals surface area contributed by atoms with Crippen molar-refractivity contribution in [2.24, 2.45) is 5.92 Å². The molecule has 1 aliphatic rings. The summed E-state index contributed by atoms with van der Waals surface area (Å²) in [6, 6.07) is 8.10. The standard InChI is InChI=1S/C29H36FN5O7S/c1-17-14-35(18(2)16-36)27(37)13-21-12-23(33-43(39,40)24-9-6-22(30)7-10-24)8-11-25(21)41-26(17)15-34(5)29(38)31-28-19(3)32-42-20(28)4/h6-12,17-18,26,33,36H,13-16H2,1-5H3,(H,31,38)/t17-,18-,26-/m0/s1. The average Bonchev–Trinajstić information content (AvgIpc) is 3.29. The third kappa shape index (κ3) is 7.43. The summed E-state index contributed by atoms with van der Waals surface area (Å²) in [6.07, 6.45) is -0.701. The second-order valence-corrected chi connectivity index (χ2v) is 12.5. The number of ether oxygens (including phenoxy) is 1. The van der Waals surface area contributed by atoms with Crippen LogP contribution in [0.15, 0.2) is 51.9 Å². The van der Waals surface area contributed by atoms with Crippen molar-refractivity contribution >= 4 is 33.3 Å². The van der Waals surface area contributed by atoms with E-state index in [1.165, 1.54) is 17.0 Å². The third-order valence-corrected chi connectivity index (χ3v) is 8.76. The molecule has 2 aromatic carbocycles. The van der Waals surface area contributed by atoms with Crippen LogP contribution in [0.1, 0.15) is 30.9 Å². The number of halogens is 1. The van der Waals surface area contributed by atoms with Crippen LogP contribution < -0.4 is 14.8 Å². The number of nitrogens with zero attached hydrogens (tertiary/aromatic N) is 3. The molecule has 14 heteroatoms. The van der Waals surface area contributed by atoms with Gasteiger partial charge in [-0.25, -0.2) is 17.6 Å². The van der Waals surface area contributed by atoms with Crippen molar-refractivity contribution in [1.82, 2.24) is 15.0 Å². The minimum Gasteiger partial charge on any atom is -0.488 e. The molecular formula is C29H36FN5O7S. The Labute approximate surface area is 249 Å². The number of sulfonamides is 1. The summed E-state index contributed by atoms with van der Waals surface area (Å²) >= 11 is 0. The van der Waals surface area contributed by atoms with E-state index >= 15 is 0 Å². The number of carbonyl (C=O) groups is 2. The molecule has 1 aromatic heterocycles. The van der Waals surface area contributed by atoms with Crippen LogP contribution in [0.4, 0.5) is 20.6 Å². The summed E-state index contributed by atoms with van der Waals surface area (Å²) in [6.45, 7) is 7.18. The maximum atomic E-state index is 13.5. The molecule has 43 heavy (non-hydrogen) atoms. The second-order valence-electron chi connectivity index (χ2n) is 10.8. The number of carbonyl (C=O) groups excluding carboxylic acids is 2. The van der Waals surface area contributed by atoms with Crippen molar-refractivity contribution in [2.75, 3.05) is 36.8 Å². The lowest BCUT2D eigenvalue weighted by molar-refractivity contribution is -0.134. The normalized spacial score (nSPS) is 18.0. The molecule has 232 valence electrons. The van der Waals surface area contributed by atoms with Gasteiger partial charge >= 0.3 is 6.03 Å². The summed E-state index contributed by atoms with van der Waals surface area (Å²) in [5.74, 6) is -0.285. The highest BCUT2D eigenvalue weighted by Gasteiger charge is 2.32. The van der Waals surface area contributed by atoms with E-state index in [1.54, 1.807) is 38.8 Å². The molecule has 2 heterocycles. The molecule has 3 N–H and O–H groups in total. The summed E-state index contributed by atoms with van der Waals surface area (Å²) in [5.41, 5.74) is 1.62. The number of aliphatic hydroxyl groups excluding tert-OH is 1. The number of amides is 3. The van der Waals surface area contributed by atoms with Gasteiger partial charge in [0.1, 0.15) is 29.1 Å². The molecule has 3 aromatic rings. The Morgan fingerprint density at radius 2 is 1.93 bits per heavy atom. The Morgan fingerprint density at radius 3 is 2.56 bits per heavy atom. The van der Waals surface area contributed by atoms with E-state index in [9.17, 15) is 27.5 Å². The fourth-order valence-electron chi connectivity index (χ4n) is 4.76. The van der Waals surface area contributed by atoms with Gasteiger partial charge in [0.25, 0.3) is 10.0 Å². The predicted molar refractivity (Wildman–Crippen MR) is 157 cm³/mol. The number of fused-ring (bicyclic) bond motifs is 1. The highest BCUT2D eigenvalue weighted by molar-refractivity contribution is 7.92. The minimum atomic E-state index is -4.04. The number of urea groups is 1. The number of aliphatic hydroxyl groups is 1. The van der Waals surface area contributed by atoms with E-state index in [0.717, 1.165) is 24.3 Å². The Bertz CT molecular complexity index is 1560. The highest BCUT2D eigenvalue weighted by Crippen LogP contribution is 2.30. The number of nitrogens with one attached hydrogen (secondary N) is 2. The van der Waals surface area contributed by atoms with Crippen LogP contribution >= 0.6 is 0 Å². The lowest BCUT2D eigenvalue weighted by atomic mass is 10.0. The molecular weight excluding hydrogens is 581 g/mol. The van der Waals surface area contributed by atoms with Gasteiger partial charge in [0.05, 0.1) is 30.5 Å². The number of hydrogen-bond acceptors (Lipinski definition) is 8. The van der Waals surface area contributed by atoms with Crippen LogP contribution in [-0.4, -0.2) is 79.3 Å². The van der Waals surface area contributed by atoms with E-state index in [-0.39, 0.29) is 48.5 Å². The molecule has 0 saturated heterocycles. The summed E-state index contributed by atoms with van der Waals surface area (Å²) in [5, 5.41) is 16.5.